The lowest BCUT2D eigenvalue weighted by molar-refractivity contribution is -0.141. The molecule has 0 atom stereocenters. The summed E-state index contributed by atoms with van der Waals surface area (Å²) in [6.45, 7) is 0.673. The largest absolute Gasteiger partial charge is 0.481 e. The van der Waals surface area contributed by atoms with Gasteiger partial charge in [0.15, 0.2) is 0 Å². The van der Waals surface area contributed by atoms with Gasteiger partial charge in [0.05, 0.1) is 17.8 Å². The number of hydrogen-bond donors (Lipinski definition) is 1. The van der Waals surface area contributed by atoms with Crippen LogP contribution in [0.2, 0.25) is 0 Å². The SMILES string of the molecule is O=C(O)CCC(=O)N(Cc1ccccc1)Cc1cn(-c2ccccc2)nc1-c1cccnc1. The van der Waals surface area contributed by atoms with Gasteiger partial charge >= 0.3 is 5.97 Å². The van der Waals surface area contributed by atoms with Crippen LogP contribution < -0.4 is 0 Å². The number of aliphatic carboxylic acids is 1. The van der Waals surface area contributed by atoms with Crippen molar-refractivity contribution in [3.8, 4) is 16.9 Å². The number of carboxylic acid groups (broad SMARTS) is 1. The van der Waals surface area contributed by atoms with Crippen LogP contribution >= 0.6 is 0 Å². The molecule has 0 saturated carbocycles. The third kappa shape index (κ3) is 5.71. The molecule has 0 aliphatic rings. The van der Waals surface area contributed by atoms with E-state index < -0.39 is 5.97 Å². The Morgan fingerprint density at radius 2 is 1.61 bits per heavy atom. The molecule has 2 heterocycles. The number of benzene rings is 2. The highest BCUT2D eigenvalue weighted by Crippen LogP contribution is 2.25. The molecule has 0 fully saturated rings. The Labute approximate surface area is 191 Å². The minimum absolute atomic E-state index is 0.0583. The molecule has 166 valence electrons. The molecule has 0 saturated heterocycles. The average molecular weight is 441 g/mol. The molecule has 4 rings (SSSR count). The maximum Gasteiger partial charge on any atom is 0.303 e. The first-order valence-electron chi connectivity index (χ1n) is 10.7. The summed E-state index contributed by atoms with van der Waals surface area (Å²) in [5.41, 5.74) is 4.31. The van der Waals surface area contributed by atoms with Crippen molar-refractivity contribution in [2.45, 2.75) is 25.9 Å². The van der Waals surface area contributed by atoms with E-state index in [1.165, 1.54) is 0 Å². The summed E-state index contributed by atoms with van der Waals surface area (Å²) in [5, 5.41) is 13.8. The first-order chi connectivity index (χ1) is 16.1. The van der Waals surface area contributed by atoms with Crippen molar-refractivity contribution >= 4 is 11.9 Å². The molecule has 0 aliphatic heterocycles. The van der Waals surface area contributed by atoms with Crippen LogP contribution in [0.5, 0.6) is 0 Å². The monoisotopic (exact) mass is 440 g/mol. The van der Waals surface area contributed by atoms with Gasteiger partial charge in [-0.05, 0) is 29.8 Å². The van der Waals surface area contributed by atoms with Crippen molar-refractivity contribution < 1.29 is 14.7 Å². The van der Waals surface area contributed by atoms with Gasteiger partial charge in [0.2, 0.25) is 5.91 Å². The van der Waals surface area contributed by atoms with Gasteiger partial charge in [-0.3, -0.25) is 14.6 Å². The smallest absolute Gasteiger partial charge is 0.303 e. The molecule has 2 aromatic heterocycles. The summed E-state index contributed by atoms with van der Waals surface area (Å²) in [6, 6.07) is 23.2. The summed E-state index contributed by atoms with van der Waals surface area (Å²) in [4.78, 5) is 30.0. The number of aromatic nitrogens is 3. The van der Waals surface area contributed by atoms with Gasteiger partial charge in [-0.2, -0.15) is 5.10 Å². The molecule has 7 nitrogen and oxygen atoms in total. The van der Waals surface area contributed by atoms with Crippen LogP contribution in [-0.4, -0.2) is 36.6 Å². The fourth-order valence-electron chi connectivity index (χ4n) is 3.60. The van der Waals surface area contributed by atoms with Crippen LogP contribution in [0.25, 0.3) is 16.9 Å². The van der Waals surface area contributed by atoms with Crippen molar-refractivity contribution in [3.63, 3.8) is 0 Å². The predicted octanol–water partition coefficient (Wildman–Crippen LogP) is 4.33. The van der Waals surface area contributed by atoms with Gasteiger partial charge in [-0.25, -0.2) is 4.68 Å². The van der Waals surface area contributed by atoms with E-state index in [9.17, 15) is 9.59 Å². The third-order valence-electron chi connectivity index (χ3n) is 5.23. The number of nitrogens with zero attached hydrogens (tertiary/aromatic N) is 4. The van der Waals surface area contributed by atoms with E-state index in [4.69, 9.17) is 10.2 Å². The molecule has 0 unspecified atom stereocenters. The zero-order chi connectivity index (χ0) is 23.0. The van der Waals surface area contributed by atoms with E-state index in [0.29, 0.717) is 13.1 Å². The number of amides is 1. The Balaban J connectivity index is 1.69. The van der Waals surface area contributed by atoms with Crippen LogP contribution in [0.1, 0.15) is 24.0 Å². The lowest BCUT2D eigenvalue weighted by atomic mass is 10.1. The van der Waals surface area contributed by atoms with Gasteiger partial charge in [0, 0.05) is 49.2 Å². The number of carbonyl (C=O) groups is 2. The van der Waals surface area contributed by atoms with Crippen LogP contribution in [0, 0.1) is 0 Å². The van der Waals surface area contributed by atoms with E-state index in [1.54, 1.807) is 22.0 Å². The Morgan fingerprint density at radius 3 is 2.27 bits per heavy atom. The number of carbonyl (C=O) groups excluding carboxylic acids is 1. The molecule has 1 amide bonds. The highest BCUT2D eigenvalue weighted by molar-refractivity contribution is 5.81. The maximum absolute atomic E-state index is 13.0. The number of pyridine rings is 1. The Morgan fingerprint density at radius 1 is 0.879 bits per heavy atom. The average Bonchev–Trinajstić information content (AvgIpc) is 3.28. The van der Waals surface area contributed by atoms with Crippen LogP contribution in [-0.2, 0) is 22.7 Å². The number of carboxylic acids is 1. The summed E-state index contributed by atoms with van der Waals surface area (Å²) in [5.74, 6) is -1.21. The van der Waals surface area contributed by atoms with E-state index in [1.807, 2.05) is 79.0 Å². The molecule has 0 aliphatic carbocycles. The highest BCUT2D eigenvalue weighted by atomic mass is 16.4. The minimum atomic E-state index is -0.990. The Bertz CT molecular complexity index is 1210. The molecule has 33 heavy (non-hydrogen) atoms. The van der Waals surface area contributed by atoms with E-state index in [-0.39, 0.29) is 18.7 Å². The number of para-hydroxylation sites is 1. The molecule has 0 bridgehead atoms. The fraction of sp³-hybridized carbons (Fsp3) is 0.154. The van der Waals surface area contributed by atoms with Gasteiger partial charge in [-0.15, -0.1) is 0 Å². The van der Waals surface area contributed by atoms with Gasteiger partial charge in [0.25, 0.3) is 0 Å². The van der Waals surface area contributed by atoms with Crippen LogP contribution in [0.3, 0.4) is 0 Å². The number of hydrogen-bond acceptors (Lipinski definition) is 4. The molecule has 2 aromatic carbocycles. The van der Waals surface area contributed by atoms with Crippen molar-refractivity contribution in [1.29, 1.82) is 0 Å². The molecule has 0 spiro atoms. The molecular weight excluding hydrogens is 416 g/mol. The second-order valence-corrected chi connectivity index (χ2v) is 7.65. The zero-order valence-electron chi connectivity index (χ0n) is 18.0. The van der Waals surface area contributed by atoms with Crippen molar-refractivity contribution in [3.05, 3.63) is 103 Å². The topological polar surface area (TPSA) is 88.3 Å². The van der Waals surface area contributed by atoms with Gasteiger partial charge in [-0.1, -0.05) is 48.5 Å². The zero-order valence-corrected chi connectivity index (χ0v) is 18.0. The second kappa shape index (κ2) is 10.4. The fourth-order valence-corrected chi connectivity index (χ4v) is 3.60. The summed E-state index contributed by atoms with van der Waals surface area (Å²) < 4.78 is 1.79. The second-order valence-electron chi connectivity index (χ2n) is 7.65. The predicted molar refractivity (Wildman–Crippen MR) is 124 cm³/mol. The van der Waals surface area contributed by atoms with E-state index in [0.717, 1.165) is 28.1 Å². The molecule has 1 N–H and O–H groups in total. The maximum atomic E-state index is 13.0. The van der Waals surface area contributed by atoms with Crippen LogP contribution in [0.4, 0.5) is 0 Å². The Hall–Kier alpha value is -4.26. The lowest BCUT2D eigenvalue weighted by Crippen LogP contribution is -2.30. The first-order valence-corrected chi connectivity index (χ1v) is 10.7. The normalized spacial score (nSPS) is 10.7. The standard InChI is InChI=1S/C26H24N4O3/c31-24(13-14-25(32)33)29(17-20-8-3-1-4-9-20)18-22-19-30(23-11-5-2-6-12-23)28-26(22)21-10-7-15-27-16-21/h1-12,15-16,19H,13-14,17-18H2,(H,32,33). The molecule has 7 heteroatoms. The number of rotatable bonds is 9. The molecule has 4 aromatic rings. The summed E-state index contributed by atoms with van der Waals surface area (Å²) in [6.07, 6.45) is 5.10. The van der Waals surface area contributed by atoms with Crippen LogP contribution in [0.15, 0.2) is 91.4 Å². The van der Waals surface area contributed by atoms with Gasteiger partial charge in [0.1, 0.15) is 0 Å². The third-order valence-corrected chi connectivity index (χ3v) is 5.23. The van der Waals surface area contributed by atoms with E-state index in [2.05, 4.69) is 4.98 Å². The summed E-state index contributed by atoms with van der Waals surface area (Å²) >= 11 is 0. The first kappa shape index (κ1) is 22.0. The van der Waals surface area contributed by atoms with Crippen molar-refractivity contribution in [1.82, 2.24) is 19.7 Å². The molecular formula is C26H24N4O3. The lowest BCUT2D eigenvalue weighted by Gasteiger charge is -2.23. The Kier molecular flexibility index (Phi) is 6.90. The van der Waals surface area contributed by atoms with Gasteiger partial charge < -0.3 is 10.0 Å². The van der Waals surface area contributed by atoms with Crippen molar-refractivity contribution in [2.24, 2.45) is 0 Å². The van der Waals surface area contributed by atoms with Crippen molar-refractivity contribution in [2.75, 3.05) is 0 Å². The minimum Gasteiger partial charge on any atom is -0.481 e. The quantitative estimate of drug-likeness (QED) is 0.419. The van der Waals surface area contributed by atoms with E-state index >= 15 is 0 Å². The molecule has 0 radical (unpaired) electrons. The highest BCUT2D eigenvalue weighted by Gasteiger charge is 2.20. The summed E-state index contributed by atoms with van der Waals surface area (Å²) in [7, 11) is 0.